The third kappa shape index (κ3) is 5.14. The van der Waals surface area contributed by atoms with Crippen LogP contribution in [0, 0.1) is 19.8 Å². The Morgan fingerprint density at radius 3 is 2.52 bits per heavy atom. The van der Waals surface area contributed by atoms with Gasteiger partial charge in [0, 0.05) is 38.1 Å². The number of sulfonamides is 1. The number of aromatic nitrogens is 1. The van der Waals surface area contributed by atoms with Gasteiger partial charge in [-0.2, -0.15) is 4.31 Å². The van der Waals surface area contributed by atoms with Crippen molar-refractivity contribution in [3.05, 3.63) is 47.3 Å². The van der Waals surface area contributed by atoms with Crippen LogP contribution in [0.5, 0.6) is 0 Å². The van der Waals surface area contributed by atoms with Gasteiger partial charge < -0.3 is 15.2 Å². The molecule has 2 fully saturated rings. The lowest BCUT2D eigenvalue weighted by molar-refractivity contribution is -0.120. The number of hydrogen-bond donors (Lipinski definition) is 2. The van der Waals surface area contributed by atoms with Gasteiger partial charge in [-0.1, -0.05) is 17.7 Å². The number of hydrogen-bond acceptors (Lipinski definition) is 4. The van der Waals surface area contributed by atoms with E-state index in [4.69, 9.17) is 0 Å². The molecule has 178 valence electrons. The van der Waals surface area contributed by atoms with Crippen LogP contribution in [0.1, 0.15) is 53.7 Å². The second-order valence-corrected chi connectivity index (χ2v) is 11.0. The maximum Gasteiger partial charge on any atom is 0.270 e. The monoisotopic (exact) mass is 472 g/mol. The van der Waals surface area contributed by atoms with Crippen LogP contribution in [0.4, 0.5) is 5.69 Å². The molecular weight excluding hydrogens is 440 g/mol. The smallest absolute Gasteiger partial charge is 0.270 e. The number of benzene rings is 1. The van der Waals surface area contributed by atoms with Gasteiger partial charge in [0.2, 0.25) is 15.9 Å². The highest BCUT2D eigenvalue weighted by molar-refractivity contribution is 7.89. The molecule has 8 nitrogen and oxygen atoms in total. The Bertz CT molecular complexity index is 1140. The van der Waals surface area contributed by atoms with E-state index in [2.05, 4.69) is 10.3 Å². The summed E-state index contributed by atoms with van der Waals surface area (Å²) in [6.07, 6.45) is 5.67. The summed E-state index contributed by atoms with van der Waals surface area (Å²) in [5.41, 5.74) is 3.13. The fourth-order valence-corrected chi connectivity index (χ4v) is 6.15. The summed E-state index contributed by atoms with van der Waals surface area (Å²) in [5, 5.41) is 2.96. The van der Waals surface area contributed by atoms with Gasteiger partial charge in [0.25, 0.3) is 5.91 Å². The average molecular weight is 473 g/mol. The largest absolute Gasteiger partial charge is 0.356 e. The van der Waals surface area contributed by atoms with Crippen molar-refractivity contribution in [2.75, 3.05) is 31.5 Å². The Balaban J connectivity index is 1.44. The molecule has 1 aromatic heterocycles. The normalized spacial score (nSPS) is 19.9. The SMILES string of the molecule is Cc1ccc(NC(=O)[C@@H]2CCCN(S(=O)(=O)c3c[nH]c(C(=O)N4CCCCC4)c3)C2)c(C)c1. The quantitative estimate of drug-likeness (QED) is 0.697. The maximum absolute atomic E-state index is 13.3. The van der Waals surface area contributed by atoms with E-state index in [1.807, 2.05) is 32.0 Å². The van der Waals surface area contributed by atoms with Crippen molar-refractivity contribution in [3.8, 4) is 0 Å². The van der Waals surface area contributed by atoms with E-state index >= 15 is 0 Å². The number of H-pyrrole nitrogens is 1. The Morgan fingerprint density at radius 1 is 1.03 bits per heavy atom. The van der Waals surface area contributed by atoms with E-state index in [-0.39, 0.29) is 28.9 Å². The lowest BCUT2D eigenvalue weighted by Crippen LogP contribution is -2.43. The summed E-state index contributed by atoms with van der Waals surface area (Å²) in [6, 6.07) is 7.24. The fourth-order valence-electron chi connectivity index (χ4n) is 4.63. The Hall–Kier alpha value is -2.65. The van der Waals surface area contributed by atoms with Gasteiger partial charge in [0.15, 0.2) is 0 Å². The minimum Gasteiger partial charge on any atom is -0.356 e. The van der Waals surface area contributed by atoms with E-state index in [9.17, 15) is 18.0 Å². The summed E-state index contributed by atoms with van der Waals surface area (Å²) >= 11 is 0. The van der Waals surface area contributed by atoms with Crippen molar-refractivity contribution < 1.29 is 18.0 Å². The molecule has 0 spiro atoms. The molecule has 2 amide bonds. The van der Waals surface area contributed by atoms with Gasteiger partial charge in [-0.05, 0) is 63.6 Å². The van der Waals surface area contributed by atoms with Crippen molar-refractivity contribution in [1.29, 1.82) is 0 Å². The van der Waals surface area contributed by atoms with E-state index in [0.717, 1.165) is 36.1 Å². The summed E-state index contributed by atoms with van der Waals surface area (Å²) < 4.78 is 27.9. The molecule has 0 aliphatic carbocycles. The number of carbonyl (C=O) groups excluding carboxylic acids is 2. The summed E-state index contributed by atoms with van der Waals surface area (Å²) in [4.78, 5) is 30.3. The van der Waals surface area contributed by atoms with Crippen LogP contribution in [-0.2, 0) is 14.8 Å². The molecule has 0 saturated carbocycles. The van der Waals surface area contributed by atoms with Crippen LogP contribution in [0.3, 0.4) is 0 Å². The van der Waals surface area contributed by atoms with Gasteiger partial charge in [-0.15, -0.1) is 0 Å². The molecule has 2 aromatic rings. The topological polar surface area (TPSA) is 103 Å². The molecule has 0 unspecified atom stereocenters. The van der Waals surface area contributed by atoms with Gasteiger partial charge in [0.1, 0.15) is 10.6 Å². The molecule has 2 saturated heterocycles. The number of nitrogens with zero attached hydrogens (tertiary/aromatic N) is 2. The van der Waals surface area contributed by atoms with E-state index in [1.54, 1.807) is 4.90 Å². The number of piperidine rings is 2. The highest BCUT2D eigenvalue weighted by Gasteiger charge is 2.34. The molecule has 2 aliphatic heterocycles. The van der Waals surface area contributed by atoms with Crippen molar-refractivity contribution >= 4 is 27.5 Å². The first-order valence-corrected chi connectivity index (χ1v) is 13.1. The lowest BCUT2D eigenvalue weighted by atomic mass is 9.98. The predicted octanol–water partition coefficient (Wildman–Crippen LogP) is 3.30. The molecule has 3 heterocycles. The zero-order valence-corrected chi connectivity index (χ0v) is 20.1. The van der Waals surface area contributed by atoms with Gasteiger partial charge in [-0.25, -0.2) is 8.42 Å². The first-order valence-electron chi connectivity index (χ1n) is 11.6. The number of rotatable bonds is 5. The Kier molecular flexibility index (Phi) is 6.90. The summed E-state index contributed by atoms with van der Waals surface area (Å²) in [7, 11) is -3.81. The second-order valence-electron chi connectivity index (χ2n) is 9.11. The number of anilines is 1. The highest BCUT2D eigenvalue weighted by atomic mass is 32.2. The molecule has 2 aliphatic rings. The van der Waals surface area contributed by atoms with Crippen molar-refractivity contribution in [1.82, 2.24) is 14.2 Å². The van der Waals surface area contributed by atoms with Crippen LogP contribution in [0.2, 0.25) is 0 Å². The van der Waals surface area contributed by atoms with E-state index in [1.165, 1.54) is 16.6 Å². The molecule has 0 bridgehead atoms. The number of nitrogens with one attached hydrogen (secondary N) is 2. The Labute approximate surface area is 195 Å². The Morgan fingerprint density at radius 2 is 1.79 bits per heavy atom. The van der Waals surface area contributed by atoms with Crippen molar-refractivity contribution in [2.24, 2.45) is 5.92 Å². The van der Waals surface area contributed by atoms with Crippen molar-refractivity contribution in [3.63, 3.8) is 0 Å². The first-order chi connectivity index (χ1) is 15.8. The predicted molar refractivity (Wildman–Crippen MR) is 127 cm³/mol. The molecular formula is C24H32N4O4S. The number of aryl methyl sites for hydroxylation is 2. The number of aromatic amines is 1. The molecule has 0 radical (unpaired) electrons. The van der Waals surface area contributed by atoms with Crippen LogP contribution in [0.25, 0.3) is 0 Å². The van der Waals surface area contributed by atoms with Crippen LogP contribution in [-0.4, -0.2) is 60.6 Å². The number of likely N-dealkylation sites (tertiary alicyclic amines) is 1. The minimum absolute atomic E-state index is 0.0679. The fraction of sp³-hybridized carbons (Fsp3) is 0.500. The third-order valence-corrected chi connectivity index (χ3v) is 8.41. The summed E-state index contributed by atoms with van der Waals surface area (Å²) in [6.45, 7) is 5.81. The molecule has 1 atom stereocenters. The maximum atomic E-state index is 13.3. The zero-order chi connectivity index (χ0) is 23.6. The van der Waals surface area contributed by atoms with Crippen molar-refractivity contribution in [2.45, 2.75) is 50.8 Å². The number of amides is 2. The molecule has 33 heavy (non-hydrogen) atoms. The standard InChI is InChI=1S/C24H32N4O4S/c1-17-8-9-21(18(2)13-17)26-23(29)19-7-6-12-28(16-19)33(31,32)20-14-22(25-15-20)24(30)27-10-4-3-5-11-27/h8-9,13-15,19,25H,3-7,10-12,16H2,1-2H3,(H,26,29)/t19-/m1/s1. The lowest BCUT2D eigenvalue weighted by Gasteiger charge is -2.31. The first kappa shape index (κ1) is 23.5. The second kappa shape index (κ2) is 9.69. The van der Waals surface area contributed by atoms with Crippen LogP contribution < -0.4 is 5.32 Å². The van der Waals surface area contributed by atoms with Gasteiger partial charge >= 0.3 is 0 Å². The number of carbonyl (C=O) groups is 2. The van der Waals surface area contributed by atoms with Gasteiger partial charge in [-0.3, -0.25) is 9.59 Å². The molecule has 4 rings (SSSR count). The van der Waals surface area contributed by atoms with Crippen LogP contribution >= 0.6 is 0 Å². The molecule has 9 heteroatoms. The zero-order valence-electron chi connectivity index (χ0n) is 19.3. The molecule has 2 N–H and O–H groups in total. The molecule has 1 aromatic carbocycles. The van der Waals surface area contributed by atoms with E-state index < -0.39 is 15.9 Å². The minimum atomic E-state index is -3.81. The summed E-state index contributed by atoms with van der Waals surface area (Å²) in [5.74, 6) is -0.764. The van der Waals surface area contributed by atoms with E-state index in [0.29, 0.717) is 32.5 Å². The average Bonchev–Trinajstić information content (AvgIpc) is 3.32. The highest BCUT2D eigenvalue weighted by Crippen LogP contribution is 2.26. The third-order valence-electron chi connectivity index (χ3n) is 6.56. The van der Waals surface area contributed by atoms with Crippen LogP contribution in [0.15, 0.2) is 35.4 Å². The van der Waals surface area contributed by atoms with Gasteiger partial charge in [0.05, 0.1) is 5.92 Å².